The topological polar surface area (TPSA) is 36.1 Å². The third kappa shape index (κ3) is 1.04. The Morgan fingerprint density at radius 1 is 1.08 bits per heavy atom. The predicted molar refractivity (Wildman–Crippen MR) is 52.3 cm³/mol. The summed E-state index contributed by atoms with van der Waals surface area (Å²) in [6, 6.07) is 4.39. The Hall–Kier alpha value is -1.06. The van der Waals surface area contributed by atoms with Gasteiger partial charge < -0.3 is 10.7 Å². The van der Waals surface area contributed by atoms with Gasteiger partial charge in [-0.1, -0.05) is 6.07 Å². The molecule has 0 radical (unpaired) electrons. The van der Waals surface area contributed by atoms with E-state index >= 15 is 0 Å². The van der Waals surface area contributed by atoms with Crippen LogP contribution in [0.4, 0.5) is 5.69 Å². The maximum atomic E-state index is 3.39. The number of rotatable bonds is 0. The first kappa shape index (κ1) is 7.35. The zero-order valence-electron chi connectivity index (χ0n) is 7.48. The van der Waals surface area contributed by atoms with Crippen LogP contribution < -0.4 is 16.2 Å². The minimum absolute atomic E-state index is 0.971. The summed E-state index contributed by atoms with van der Waals surface area (Å²) in [5.41, 5.74) is 12.1. The molecule has 2 heterocycles. The zero-order chi connectivity index (χ0) is 8.67. The second-order valence-electron chi connectivity index (χ2n) is 3.63. The van der Waals surface area contributed by atoms with Gasteiger partial charge in [-0.2, -0.15) is 0 Å². The summed E-state index contributed by atoms with van der Waals surface area (Å²) in [5, 5.41) is 3.39. The number of hydrogen-bond donors (Lipinski definition) is 3. The molecule has 1 aromatic rings. The molecule has 0 saturated carbocycles. The van der Waals surface area contributed by atoms with Crippen LogP contribution in [0.3, 0.4) is 0 Å². The molecular formula is C10H13N3. The van der Waals surface area contributed by atoms with Crippen molar-refractivity contribution in [2.75, 3.05) is 12.0 Å². The van der Waals surface area contributed by atoms with E-state index in [2.05, 4.69) is 28.3 Å². The van der Waals surface area contributed by atoms with Crippen LogP contribution in [0.25, 0.3) is 0 Å². The van der Waals surface area contributed by atoms with E-state index in [-0.39, 0.29) is 0 Å². The molecule has 0 aliphatic carbocycles. The first-order chi connectivity index (χ1) is 6.45. The van der Waals surface area contributed by atoms with E-state index in [1.54, 1.807) is 5.56 Å². The summed E-state index contributed by atoms with van der Waals surface area (Å²) in [6.45, 7) is 3.12. The minimum atomic E-state index is 0.971. The van der Waals surface area contributed by atoms with Crippen LogP contribution in [0.15, 0.2) is 12.1 Å². The molecule has 2 aliphatic rings. The highest BCUT2D eigenvalue weighted by Gasteiger charge is 2.18. The summed E-state index contributed by atoms with van der Waals surface area (Å²) in [6.07, 6.45) is 1.17. The lowest BCUT2D eigenvalue weighted by atomic mass is 9.95. The Morgan fingerprint density at radius 2 is 2.08 bits per heavy atom. The zero-order valence-corrected chi connectivity index (χ0v) is 7.48. The summed E-state index contributed by atoms with van der Waals surface area (Å²) in [4.78, 5) is 0. The highest BCUT2D eigenvalue weighted by molar-refractivity contribution is 5.59. The average Bonchev–Trinajstić information content (AvgIpc) is 2.65. The van der Waals surface area contributed by atoms with Crippen molar-refractivity contribution in [3.8, 4) is 0 Å². The molecule has 68 valence electrons. The smallest absolute Gasteiger partial charge is 0.0536 e. The van der Waals surface area contributed by atoms with E-state index in [1.807, 2.05) is 0 Å². The van der Waals surface area contributed by atoms with E-state index in [4.69, 9.17) is 0 Å². The summed E-state index contributed by atoms with van der Waals surface area (Å²) < 4.78 is 0. The highest BCUT2D eigenvalue weighted by atomic mass is 15.4. The molecule has 2 aliphatic heterocycles. The Labute approximate surface area is 77.5 Å². The molecule has 3 N–H and O–H groups in total. The van der Waals surface area contributed by atoms with Crippen LogP contribution in [0.2, 0.25) is 0 Å². The van der Waals surface area contributed by atoms with Gasteiger partial charge in [-0.25, -0.2) is 5.43 Å². The number of nitrogens with one attached hydrogen (secondary N) is 3. The molecule has 3 nitrogen and oxygen atoms in total. The molecule has 0 aromatic heterocycles. The van der Waals surface area contributed by atoms with Crippen LogP contribution in [0, 0.1) is 0 Å². The van der Waals surface area contributed by atoms with Gasteiger partial charge in [0.15, 0.2) is 0 Å². The molecule has 0 bridgehead atoms. The molecule has 0 amide bonds. The van der Waals surface area contributed by atoms with Gasteiger partial charge in [0.2, 0.25) is 0 Å². The fourth-order valence-electron chi connectivity index (χ4n) is 2.20. The van der Waals surface area contributed by atoms with Gasteiger partial charge >= 0.3 is 0 Å². The molecule has 1 aromatic carbocycles. The fourth-order valence-corrected chi connectivity index (χ4v) is 2.20. The fraction of sp³-hybridized carbons (Fsp3) is 0.400. The van der Waals surface area contributed by atoms with Gasteiger partial charge in [0.05, 0.1) is 5.69 Å². The third-order valence-corrected chi connectivity index (χ3v) is 2.88. The van der Waals surface area contributed by atoms with Crippen molar-refractivity contribution in [3.63, 3.8) is 0 Å². The van der Waals surface area contributed by atoms with E-state index < -0.39 is 0 Å². The van der Waals surface area contributed by atoms with Crippen LogP contribution in [0.5, 0.6) is 0 Å². The Balaban J connectivity index is 2.17. The standard InChI is InChI=1S/C10H13N3/c1-2-10-9(6-12-13-10)8-3-4-11-5-7(1)8/h1-2,11-13H,3-6H2. The Morgan fingerprint density at radius 3 is 3.08 bits per heavy atom. The van der Waals surface area contributed by atoms with Crippen molar-refractivity contribution in [2.24, 2.45) is 0 Å². The van der Waals surface area contributed by atoms with Gasteiger partial charge in [-0.05, 0) is 35.7 Å². The van der Waals surface area contributed by atoms with Crippen LogP contribution in [0.1, 0.15) is 16.7 Å². The quantitative estimate of drug-likeness (QED) is 0.545. The van der Waals surface area contributed by atoms with Crippen LogP contribution in [-0.2, 0) is 19.5 Å². The van der Waals surface area contributed by atoms with Gasteiger partial charge in [0.1, 0.15) is 0 Å². The Kier molecular flexibility index (Phi) is 1.54. The maximum Gasteiger partial charge on any atom is 0.0536 e. The second kappa shape index (κ2) is 2.72. The lowest BCUT2D eigenvalue weighted by Crippen LogP contribution is -2.24. The summed E-state index contributed by atoms with van der Waals surface area (Å²) in [5.74, 6) is 0. The van der Waals surface area contributed by atoms with E-state index in [1.165, 1.54) is 23.2 Å². The van der Waals surface area contributed by atoms with Crippen LogP contribution in [-0.4, -0.2) is 6.54 Å². The second-order valence-corrected chi connectivity index (χ2v) is 3.63. The van der Waals surface area contributed by atoms with Crippen molar-refractivity contribution < 1.29 is 0 Å². The largest absolute Gasteiger partial charge is 0.321 e. The highest BCUT2D eigenvalue weighted by Crippen LogP contribution is 2.28. The molecule has 0 spiro atoms. The van der Waals surface area contributed by atoms with Gasteiger partial charge in [0.25, 0.3) is 0 Å². The molecule has 0 unspecified atom stereocenters. The minimum Gasteiger partial charge on any atom is -0.321 e. The van der Waals surface area contributed by atoms with Crippen molar-refractivity contribution in [3.05, 3.63) is 28.8 Å². The molecular weight excluding hydrogens is 162 g/mol. The Bertz CT molecular complexity index is 346. The molecule has 0 saturated heterocycles. The van der Waals surface area contributed by atoms with E-state index in [9.17, 15) is 0 Å². The number of hydrazine groups is 1. The maximum absolute atomic E-state index is 3.39. The van der Waals surface area contributed by atoms with Gasteiger partial charge in [0, 0.05) is 13.1 Å². The molecule has 3 rings (SSSR count). The SMILES string of the molecule is c1cc2c(c3c1CNCC3)CNN2. The summed E-state index contributed by atoms with van der Waals surface area (Å²) in [7, 11) is 0. The average molecular weight is 175 g/mol. The number of anilines is 1. The molecule has 3 heteroatoms. The third-order valence-electron chi connectivity index (χ3n) is 2.88. The van der Waals surface area contributed by atoms with Crippen LogP contribution >= 0.6 is 0 Å². The molecule has 0 fully saturated rings. The van der Waals surface area contributed by atoms with E-state index in [0.29, 0.717) is 0 Å². The van der Waals surface area contributed by atoms with Crippen molar-refractivity contribution in [2.45, 2.75) is 19.5 Å². The number of benzene rings is 1. The normalized spacial score (nSPS) is 19.1. The lowest BCUT2D eigenvalue weighted by molar-refractivity contribution is 0.639. The van der Waals surface area contributed by atoms with Crippen molar-refractivity contribution in [1.82, 2.24) is 10.7 Å². The number of fused-ring (bicyclic) bond motifs is 3. The monoisotopic (exact) mass is 175 g/mol. The van der Waals surface area contributed by atoms with Crippen molar-refractivity contribution >= 4 is 5.69 Å². The van der Waals surface area contributed by atoms with Crippen molar-refractivity contribution in [1.29, 1.82) is 0 Å². The summed E-state index contributed by atoms with van der Waals surface area (Å²) >= 11 is 0. The number of hydrogen-bond acceptors (Lipinski definition) is 3. The lowest BCUT2D eigenvalue weighted by Gasteiger charge is -2.19. The predicted octanol–water partition coefficient (Wildman–Crippen LogP) is 0.762. The molecule has 0 atom stereocenters. The van der Waals surface area contributed by atoms with Gasteiger partial charge in [-0.15, -0.1) is 0 Å². The molecule has 13 heavy (non-hydrogen) atoms. The first-order valence-electron chi connectivity index (χ1n) is 4.78. The van der Waals surface area contributed by atoms with Gasteiger partial charge in [-0.3, -0.25) is 0 Å². The first-order valence-corrected chi connectivity index (χ1v) is 4.78. The van der Waals surface area contributed by atoms with E-state index in [0.717, 1.165) is 19.6 Å².